The topological polar surface area (TPSA) is 94.1 Å². The first-order valence-corrected chi connectivity index (χ1v) is 5.41. The molecule has 7 heteroatoms. The molecule has 0 spiro atoms. The summed E-state index contributed by atoms with van der Waals surface area (Å²) in [6.45, 7) is 3.44. The molecule has 17 heavy (non-hydrogen) atoms. The van der Waals surface area contributed by atoms with Gasteiger partial charge in [0.1, 0.15) is 6.04 Å². The maximum absolute atomic E-state index is 11.6. The van der Waals surface area contributed by atoms with Gasteiger partial charge >= 0.3 is 5.97 Å². The first-order chi connectivity index (χ1) is 7.99. The fourth-order valence-electron chi connectivity index (χ4n) is 1.54. The summed E-state index contributed by atoms with van der Waals surface area (Å²) in [5, 5.41) is 5.28. The van der Waals surface area contributed by atoms with Crippen LogP contribution in [0.5, 0.6) is 0 Å². The van der Waals surface area contributed by atoms with Gasteiger partial charge in [0.25, 0.3) is 0 Å². The Labute approximate surface area is 98.8 Å². The molecule has 1 heterocycles. The smallest absolute Gasteiger partial charge is 0.330 e. The van der Waals surface area contributed by atoms with Gasteiger partial charge in [0.2, 0.25) is 11.6 Å². The number of esters is 1. The highest BCUT2D eigenvalue weighted by molar-refractivity contribution is 5.83. The van der Waals surface area contributed by atoms with Gasteiger partial charge in [-0.3, -0.25) is 4.79 Å². The van der Waals surface area contributed by atoms with Crippen molar-refractivity contribution >= 4 is 11.9 Å². The second-order valence-electron chi connectivity index (χ2n) is 3.99. The fourth-order valence-corrected chi connectivity index (χ4v) is 1.54. The van der Waals surface area contributed by atoms with E-state index in [1.54, 1.807) is 0 Å². The lowest BCUT2D eigenvalue weighted by atomic mass is 10.1. The summed E-state index contributed by atoms with van der Waals surface area (Å²) in [4.78, 5) is 33.2. The van der Waals surface area contributed by atoms with E-state index in [0.29, 0.717) is 13.2 Å². The number of nitrogens with zero attached hydrogens (tertiary/aromatic N) is 1. The molecule has 7 nitrogen and oxygen atoms in total. The van der Waals surface area contributed by atoms with Crippen molar-refractivity contribution in [2.75, 3.05) is 13.2 Å². The number of hydrogen-bond donors (Lipinski definition) is 1. The minimum absolute atomic E-state index is 0.245. The van der Waals surface area contributed by atoms with Crippen molar-refractivity contribution in [1.29, 1.82) is 0 Å². The van der Waals surface area contributed by atoms with Gasteiger partial charge in [-0.05, 0) is 12.1 Å². The van der Waals surface area contributed by atoms with Crippen LogP contribution in [0.2, 0.25) is 0 Å². The lowest BCUT2D eigenvalue weighted by Gasteiger charge is -2.30. The Morgan fingerprint density at radius 2 is 2.00 bits per heavy atom. The van der Waals surface area contributed by atoms with Crippen LogP contribution < -0.4 is 5.32 Å². The molecular formula is C10H16N2O5. The summed E-state index contributed by atoms with van der Waals surface area (Å²) in [5.74, 6) is -1.00. The molecule has 0 aromatic carbocycles. The number of hydrogen-bond acceptors (Lipinski definition) is 6. The maximum Gasteiger partial charge on any atom is 0.330 e. The largest absolute Gasteiger partial charge is 0.432 e. The number of nitroso groups, excluding NO2 is 1. The van der Waals surface area contributed by atoms with Crippen molar-refractivity contribution in [3.05, 3.63) is 4.91 Å². The second-order valence-corrected chi connectivity index (χ2v) is 3.99. The molecule has 0 aromatic rings. The molecule has 1 amide bonds. The average Bonchev–Trinajstić information content (AvgIpc) is 2.29. The molecule has 1 aliphatic rings. The van der Waals surface area contributed by atoms with Crippen LogP contribution in [0.15, 0.2) is 5.18 Å². The highest BCUT2D eigenvalue weighted by Crippen LogP contribution is 2.26. The minimum atomic E-state index is -1.35. The summed E-state index contributed by atoms with van der Waals surface area (Å²) in [7, 11) is 0. The average molecular weight is 244 g/mol. The molecule has 1 N–H and O–H groups in total. The highest BCUT2D eigenvalue weighted by Gasteiger charge is 2.39. The van der Waals surface area contributed by atoms with Gasteiger partial charge in [-0.15, -0.1) is 4.91 Å². The molecule has 1 fully saturated rings. The molecule has 1 aliphatic heterocycles. The van der Waals surface area contributed by atoms with Crippen LogP contribution >= 0.6 is 0 Å². The zero-order chi connectivity index (χ0) is 12.9. The molecule has 0 saturated carbocycles. The van der Waals surface area contributed by atoms with Crippen molar-refractivity contribution in [2.45, 2.75) is 38.5 Å². The van der Waals surface area contributed by atoms with Gasteiger partial charge in [0.15, 0.2) is 0 Å². The Kier molecular flexibility index (Phi) is 4.56. The van der Waals surface area contributed by atoms with E-state index in [0.717, 1.165) is 0 Å². The number of ether oxygens (including phenoxy) is 2. The SMILES string of the molecule is CC(=O)NC(C)C(=O)OC1(N=O)CCOCC1. The summed E-state index contributed by atoms with van der Waals surface area (Å²) >= 11 is 0. The van der Waals surface area contributed by atoms with Crippen LogP contribution in [0.3, 0.4) is 0 Å². The van der Waals surface area contributed by atoms with Gasteiger partial charge < -0.3 is 14.8 Å². The van der Waals surface area contributed by atoms with Gasteiger partial charge in [-0.1, -0.05) is 0 Å². The standard InChI is InChI=1S/C10H16N2O5/c1-7(11-8(2)13)9(14)17-10(12-15)3-5-16-6-4-10/h7H,3-6H2,1-2H3,(H,11,13). The van der Waals surface area contributed by atoms with Crippen molar-refractivity contribution < 1.29 is 19.1 Å². The van der Waals surface area contributed by atoms with Gasteiger partial charge in [-0.2, -0.15) is 0 Å². The van der Waals surface area contributed by atoms with Crippen LogP contribution in [0.1, 0.15) is 26.7 Å². The van der Waals surface area contributed by atoms with E-state index in [9.17, 15) is 14.5 Å². The second kappa shape index (κ2) is 5.72. The van der Waals surface area contributed by atoms with Crippen molar-refractivity contribution in [2.24, 2.45) is 5.18 Å². The Balaban J connectivity index is 2.58. The highest BCUT2D eigenvalue weighted by atomic mass is 16.6. The van der Waals surface area contributed by atoms with Crippen molar-refractivity contribution in [3.8, 4) is 0 Å². The van der Waals surface area contributed by atoms with Crippen LogP contribution in [0.25, 0.3) is 0 Å². The van der Waals surface area contributed by atoms with Gasteiger partial charge in [0.05, 0.1) is 13.2 Å². The number of carbonyl (C=O) groups excluding carboxylic acids is 2. The molecule has 1 rings (SSSR count). The summed E-state index contributed by atoms with van der Waals surface area (Å²) in [5.41, 5.74) is -1.35. The predicted molar refractivity (Wildman–Crippen MR) is 57.9 cm³/mol. The van der Waals surface area contributed by atoms with Gasteiger partial charge in [-0.25, -0.2) is 4.79 Å². The number of amides is 1. The third kappa shape index (κ3) is 3.77. The predicted octanol–water partition coefficient (Wildman–Crippen LogP) is 0.327. The number of nitrogens with one attached hydrogen (secondary N) is 1. The maximum atomic E-state index is 11.6. The molecular weight excluding hydrogens is 228 g/mol. The van der Waals surface area contributed by atoms with Crippen LogP contribution in [0.4, 0.5) is 0 Å². The normalized spacial score (nSPS) is 20.1. The summed E-state index contributed by atoms with van der Waals surface area (Å²) < 4.78 is 10.2. The first kappa shape index (κ1) is 13.6. The van der Waals surface area contributed by atoms with E-state index in [2.05, 4.69) is 10.5 Å². The fraction of sp³-hybridized carbons (Fsp3) is 0.800. The molecule has 0 radical (unpaired) electrons. The molecule has 0 bridgehead atoms. The van der Waals surface area contributed by atoms with Crippen LogP contribution in [-0.2, 0) is 19.1 Å². The molecule has 0 aliphatic carbocycles. The van der Waals surface area contributed by atoms with E-state index < -0.39 is 17.7 Å². The Bertz CT molecular complexity index is 312. The molecule has 1 atom stereocenters. The monoisotopic (exact) mass is 244 g/mol. The van der Waals surface area contributed by atoms with Crippen LogP contribution in [-0.4, -0.2) is 36.9 Å². The minimum Gasteiger partial charge on any atom is -0.432 e. The number of rotatable bonds is 4. The number of carbonyl (C=O) groups is 2. The van der Waals surface area contributed by atoms with Crippen molar-refractivity contribution in [1.82, 2.24) is 5.32 Å². The van der Waals surface area contributed by atoms with E-state index in [4.69, 9.17) is 9.47 Å². The molecule has 1 saturated heterocycles. The van der Waals surface area contributed by atoms with E-state index in [-0.39, 0.29) is 18.7 Å². The Morgan fingerprint density at radius 1 is 1.41 bits per heavy atom. The van der Waals surface area contributed by atoms with Gasteiger partial charge in [0, 0.05) is 19.8 Å². The molecule has 96 valence electrons. The quantitative estimate of drug-likeness (QED) is 0.568. The zero-order valence-electron chi connectivity index (χ0n) is 9.89. The van der Waals surface area contributed by atoms with E-state index in [1.165, 1.54) is 13.8 Å². The summed E-state index contributed by atoms with van der Waals surface area (Å²) in [6.07, 6.45) is 0.490. The zero-order valence-corrected chi connectivity index (χ0v) is 9.89. The lowest BCUT2D eigenvalue weighted by molar-refractivity contribution is -0.171. The third-order valence-corrected chi connectivity index (χ3v) is 2.50. The van der Waals surface area contributed by atoms with E-state index in [1.807, 2.05) is 0 Å². The molecule has 0 aromatic heterocycles. The van der Waals surface area contributed by atoms with E-state index >= 15 is 0 Å². The first-order valence-electron chi connectivity index (χ1n) is 5.41. The third-order valence-electron chi connectivity index (χ3n) is 2.50. The lowest BCUT2D eigenvalue weighted by Crippen LogP contribution is -2.45. The molecule has 1 unspecified atom stereocenters. The van der Waals surface area contributed by atoms with Crippen LogP contribution in [0, 0.1) is 4.91 Å². The van der Waals surface area contributed by atoms with Crippen molar-refractivity contribution in [3.63, 3.8) is 0 Å². The Hall–Kier alpha value is -1.50. The summed E-state index contributed by atoms with van der Waals surface area (Å²) in [6, 6.07) is -0.797. The Morgan fingerprint density at radius 3 is 2.47 bits per heavy atom.